The summed E-state index contributed by atoms with van der Waals surface area (Å²) in [6.07, 6.45) is 1.14. The zero-order valence-corrected chi connectivity index (χ0v) is 10.2. The van der Waals surface area contributed by atoms with E-state index in [1.54, 1.807) is 6.07 Å². The minimum absolute atomic E-state index is 0.341. The Balaban J connectivity index is 3.27. The van der Waals surface area contributed by atoms with Gasteiger partial charge in [-0.15, -0.1) is 0 Å². The Morgan fingerprint density at radius 3 is 2.50 bits per heavy atom. The molecule has 1 aromatic carbocycles. The van der Waals surface area contributed by atoms with E-state index in [2.05, 4.69) is 26.0 Å². The van der Waals surface area contributed by atoms with Crippen molar-refractivity contribution in [2.45, 2.75) is 26.7 Å². The van der Waals surface area contributed by atoms with E-state index in [1.165, 1.54) is 0 Å². The van der Waals surface area contributed by atoms with Crippen LogP contribution in [0.1, 0.15) is 30.5 Å². The van der Waals surface area contributed by atoms with Crippen LogP contribution in [0.2, 0.25) is 5.02 Å². The Bertz CT molecular complexity index is 464. The molecule has 0 aromatic heterocycles. The maximum absolute atomic E-state index is 8.90. The maximum atomic E-state index is 8.90. The van der Waals surface area contributed by atoms with Crippen LogP contribution in [0.4, 0.5) is 0 Å². The summed E-state index contributed by atoms with van der Waals surface area (Å²) in [7, 11) is 0. The van der Waals surface area contributed by atoms with Gasteiger partial charge in [-0.1, -0.05) is 31.5 Å². The summed E-state index contributed by atoms with van der Waals surface area (Å²) < 4.78 is 0. The van der Waals surface area contributed by atoms with E-state index < -0.39 is 0 Å². The summed E-state index contributed by atoms with van der Waals surface area (Å²) in [5.74, 6) is 0.448. The molecule has 0 radical (unpaired) electrons. The third-order valence-electron chi connectivity index (χ3n) is 2.34. The van der Waals surface area contributed by atoms with Gasteiger partial charge in [-0.25, -0.2) is 0 Å². The lowest BCUT2D eigenvalue weighted by Gasteiger charge is -2.12. The van der Waals surface area contributed by atoms with Crippen LogP contribution in [0.5, 0.6) is 0 Å². The number of benzene rings is 1. The number of rotatable bonds is 3. The second-order valence-electron chi connectivity index (χ2n) is 4.11. The fraction of sp³-hybridized carbons (Fsp3) is 0.385. The van der Waals surface area contributed by atoms with E-state index in [9.17, 15) is 0 Å². The molecule has 0 atom stereocenters. The highest BCUT2D eigenvalue weighted by atomic mass is 35.5. The van der Waals surface area contributed by atoms with Gasteiger partial charge in [-0.2, -0.15) is 10.5 Å². The standard InChI is InChI=1S/C13H13ClN2/c1-9(2)7-12-10(5-6-15)3-4-11(8-16)13(12)14/h3-4,9H,5,7H2,1-2H3. The highest BCUT2D eigenvalue weighted by Gasteiger charge is 2.12. The molecule has 0 N–H and O–H groups in total. The Kier molecular flexibility index (Phi) is 4.35. The van der Waals surface area contributed by atoms with Gasteiger partial charge in [0.05, 0.1) is 23.1 Å². The van der Waals surface area contributed by atoms with Crippen molar-refractivity contribution in [2.75, 3.05) is 0 Å². The minimum atomic E-state index is 0.341. The Morgan fingerprint density at radius 2 is 2.00 bits per heavy atom. The van der Waals surface area contributed by atoms with Crippen LogP contribution in [0, 0.1) is 28.6 Å². The van der Waals surface area contributed by atoms with Crippen molar-refractivity contribution in [3.8, 4) is 12.1 Å². The highest BCUT2D eigenvalue weighted by molar-refractivity contribution is 6.32. The van der Waals surface area contributed by atoms with Crippen molar-refractivity contribution >= 4 is 11.6 Å². The fourth-order valence-electron chi connectivity index (χ4n) is 1.63. The number of hydrogen-bond donors (Lipinski definition) is 0. The molecule has 0 aliphatic heterocycles. The lowest BCUT2D eigenvalue weighted by molar-refractivity contribution is 0.644. The molecule has 0 fully saturated rings. The van der Waals surface area contributed by atoms with Gasteiger partial charge in [0.15, 0.2) is 0 Å². The molecular formula is C13H13ClN2. The summed E-state index contributed by atoms with van der Waals surface area (Å²) in [6.45, 7) is 4.18. The quantitative estimate of drug-likeness (QED) is 0.801. The smallest absolute Gasteiger partial charge is 0.101 e. The lowest BCUT2D eigenvalue weighted by atomic mass is 9.94. The molecule has 0 heterocycles. The van der Waals surface area contributed by atoms with Gasteiger partial charge in [-0.3, -0.25) is 0 Å². The van der Waals surface area contributed by atoms with Crippen molar-refractivity contribution in [3.63, 3.8) is 0 Å². The summed E-state index contributed by atoms with van der Waals surface area (Å²) in [5, 5.41) is 18.1. The van der Waals surface area contributed by atoms with Crippen molar-refractivity contribution in [2.24, 2.45) is 5.92 Å². The first-order valence-electron chi connectivity index (χ1n) is 5.17. The van der Waals surface area contributed by atoms with E-state index in [-0.39, 0.29) is 0 Å². The maximum Gasteiger partial charge on any atom is 0.101 e. The number of nitriles is 2. The monoisotopic (exact) mass is 232 g/mol. The third-order valence-corrected chi connectivity index (χ3v) is 2.77. The molecule has 0 spiro atoms. The topological polar surface area (TPSA) is 47.6 Å². The van der Waals surface area contributed by atoms with Gasteiger partial charge >= 0.3 is 0 Å². The summed E-state index contributed by atoms with van der Waals surface area (Å²) >= 11 is 6.16. The molecule has 0 amide bonds. The summed E-state index contributed by atoms with van der Waals surface area (Å²) in [5.41, 5.74) is 2.36. The van der Waals surface area contributed by atoms with E-state index >= 15 is 0 Å². The predicted octanol–water partition coefficient (Wildman–Crippen LogP) is 3.48. The van der Waals surface area contributed by atoms with Gasteiger partial charge in [0, 0.05) is 0 Å². The molecule has 0 aliphatic carbocycles. The van der Waals surface area contributed by atoms with Crippen LogP contribution in [-0.4, -0.2) is 0 Å². The van der Waals surface area contributed by atoms with E-state index in [0.717, 1.165) is 17.5 Å². The number of nitrogens with zero attached hydrogens (tertiary/aromatic N) is 2. The van der Waals surface area contributed by atoms with Gasteiger partial charge < -0.3 is 0 Å². The van der Waals surface area contributed by atoms with Crippen LogP contribution >= 0.6 is 11.6 Å². The molecule has 16 heavy (non-hydrogen) atoms. The Morgan fingerprint density at radius 1 is 1.31 bits per heavy atom. The first-order valence-corrected chi connectivity index (χ1v) is 5.55. The molecule has 0 bridgehead atoms. The molecule has 0 unspecified atom stereocenters. The average molecular weight is 233 g/mol. The van der Waals surface area contributed by atoms with Crippen molar-refractivity contribution in [1.29, 1.82) is 10.5 Å². The van der Waals surface area contributed by atoms with Crippen LogP contribution < -0.4 is 0 Å². The minimum Gasteiger partial charge on any atom is -0.198 e. The Labute approximate surface area is 101 Å². The normalized spacial score (nSPS) is 9.88. The first-order chi connectivity index (χ1) is 7.60. The van der Waals surface area contributed by atoms with Gasteiger partial charge in [0.25, 0.3) is 0 Å². The molecule has 82 valence electrons. The van der Waals surface area contributed by atoms with Crippen LogP contribution in [0.15, 0.2) is 12.1 Å². The van der Waals surface area contributed by atoms with Crippen LogP contribution in [-0.2, 0) is 12.8 Å². The molecule has 0 saturated heterocycles. The molecule has 1 rings (SSSR count). The summed E-state index contributed by atoms with van der Waals surface area (Å²) in [4.78, 5) is 0. The molecule has 1 aromatic rings. The molecule has 2 nitrogen and oxygen atoms in total. The molecule has 0 saturated carbocycles. The van der Waals surface area contributed by atoms with Crippen molar-refractivity contribution < 1.29 is 0 Å². The third kappa shape index (κ3) is 2.75. The number of halogens is 1. The van der Waals surface area contributed by atoms with Gasteiger partial charge in [0.1, 0.15) is 6.07 Å². The zero-order valence-electron chi connectivity index (χ0n) is 9.42. The SMILES string of the molecule is CC(C)Cc1c(CC#N)ccc(C#N)c1Cl. The molecular weight excluding hydrogens is 220 g/mol. The van der Waals surface area contributed by atoms with Crippen molar-refractivity contribution in [1.82, 2.24) is 0 Å². The predicted molar refractivity (Wildman–Crippen MR) is 64.0 cm³/mol. The van der Waals surface area contributed by atoms with Crippen molar-refractivity contribution in [3.05, 3.63) is 33.8 Å². The highest BCUT2D eigenvalue weighted by Crippen LogP contribution is 2.27. The van der Waals surface area contributed by atoms with E-state index in [4.69, 9.17) is 22.1 Å². The fourth-order valence-corrected chi connectivity index (χ4v) is 1.93. The largest absolute Gasteiger partial charge is 0.198 e. The zero-order chi connectivity index (χ0) is 12.1. The summed E-state index contributed by atoms with van der Waals surface area (Å²) in [6, 6.07) is 7.69. The van der Waals surface area contributed by atoms with Gasteiger partial charge in [0.2, 0.25) is 0 Å². The number of hydrogen-bond acceptors (Lipinski definition) is 2. The molecule has 3 heteroatoms. The first kappa shape index (κ1) is 12.6. The average Bonchev–Trinajstić information content (AvgIpc) is 2.23. The van der Waals surface area contributed by atoms with Crippen LogP contribution in [0.25, 0.3) is 0 Å². The van der Waals surface area contributed by atoms with Crippen LogP contribution in [0.3, 0.4) is 0 Å². The van der Waals surface area contributed by atoms with E-state index in [0.29, 0.717) is 22.9 Å². The second-order valence-corrected chi connectivity index (χ2v) is 4.49. The molecule has 0 aliphatic rings. The second kappa shape index (κ2) is 5.54. The van der Waals surface area contributed by atoms with E-state index in [1.807, 2.05) is 6.07 Å². The lowest BCUT2D eigenvalue weighted by Crippen LogP contribution is -2.01. The van der Waals surface area contributed by atoms with Gasteiger partial charge in [-0.05, 0) is 29.5 Å². The Hall–Kier alpha value is -1.51.